The van der Waals surface area contributed by atoms with Crippen molar-refractivity contribution in [3.8, 4) is 0 Å². The number of nitrogens with zero attached hydrogens (tertiary/aromatic N) is 5. The van der Waals surface area contributed by atoms with Crippen LogP contribution in [0.5, 0.6) is 0 Å². The molecule has 0 radical (unpaired) electrons. The number of benzene rings is 1. The molecular formula is C27H33ClFN5O4. The van der Waals surface area contributed by atoms with E-state index in [0.29, 0.717) is 11.2 Å². The molecule has 1 aliphatic heterocycles. The SMILES string of the molecule is CC(C)(C)OC(=O)N(Cc1ccccc1)c1nc(Cl)nn2c(C3C[C@H](F)CN3C(=O)OC(C)(C)C)ccc12. The number of rotatable bonds is 4. The molecule has 4 rings (SSSR count). The Labute approximate surface area is 226 Å². The van der Waals surface area contributed by atoms with E-state index < -0.39 is 35.6 Å². The lowest BCUT2D eigenvalue weighted by Crippen LogP contribution is -2.38. The number of hydrogen-bond acceptors (Lipinski definition) is 6. The molecular weight excluding hydrogens is 513 g/mol. The topological polar surface area (TPSA) is 89.3 Å². The van der Waals surface area contributed by atoms with Gasteiger partial charge in [0.05, 0.1) is 24.8 Å². The Balaban J connectivity index is 1.78. The molecule has 2 aromatic heterocycles. The van der Waals surface area contributed by atoms with Gasteiger partial charge in [-0.1, -0.05) is 30.3 Å². The lowest BCUT2D eigenvalue weighted by Gasteiger charge is -2.28. The first-order valence-electron chi connectivity index (χ1n) is 12.4. The Morgan fingerprint density at radius 2 is 1.71 bits per heavy atom. The first-order chi connectivity index (χ1) is 17.7. The fourth-order valence-corrected chi connectivity index (χ4v) is 4.48. The monoisotopic (exact) mass is 545 g/mol. The van der Waals surface area contributed by atoms with Crippen LogP contribution in [0.15, 0.2) is 42.5 Å². The molecule has 0 N–H and O–H groups in total. The molecule has 2 amide bonds. The van der Waals surface area contributed by atoms with Crippen molar-refractivity contribution in [1.82, 2.24) is 19.5 Å². The van der Waals surface area contributed by atoms with Gasteiger partial charge in [0.15, 0.2) is 5.82 Å². The van der Waals surface area contributed by atoms with Gasteiger partial charge in [-0.25, -0.2) is 18.5 Å². The molecule has 11 heteroatoms. The molecule has 1 saturated heterocycles. The Hall–Kier alpha value is -3.40. The fourth-order valence-electron chi connectivity index (χ4n) is 4.32. The van der Waals surface area contributed by atoms with E-state index >= 15 is 0 Å². The molecule has 3 heterocycles. The van der Waals surface area contributed by atoms with Crippen LogP contribution in [0.1, 0.15) is 65.3 Å². The highest BCUT2D eigenvalue weighted by atomic mass is 35.5. The van der Waals surface area contributed by atoms with E-state index in [9.17, 15) is 14.0 Å². The molecule has 1 aliphatic rings. The summed E-state index contributed by atoms with van der Waals surface area (Å²) in [6, 6.07) is 12.2. The summed E-state index contributed by atoms with van der Waals surface area (Å²) in [5, 5.41) is 4.23. The molecule has 3 aromatic rings. The zero-order valence-electron chi connectivity index (χ0n) is 22.4. The average molecular weight is 546 g/mol. The smallest absolute Gasteiger partial charge is 0.416 e. The van der Waals surface area contributed by atoms with Crippen LogP contribution in [-0.2, 0) is 16.0 Å². The number of aromatic nitrogens is 3. The van der Waals surface area contributed by atoms with E-state index in [2.05, 4.69) is 10.1 Å². The van der Waals surface area contributed by atoms with Crippen LogP contribution in [0, 0.1) is 0 Å². The summed E-state index contributed by atoms with van der Waals surface area (Å²) in [6.07, 6.45) is -2.38. The van der Waals surface area contributed by atoms with Crippen LogP contribution >= 0.6 is 11.6 Å². The van der Waals surface area contributed by atoms with Gasteiger partial charge in [0.2, 0.25) is 5.28 Å². The average Bonchev–Trinajstić information content (AvgIpc) is 3.38. The van der Waals surface area contributed by atoms with Crippen LogP contribution < -0.4 is 4.90 Å². The van der Waals surface area contributed by atoms with Crippen molar-refractivity contribution in [1.29, 1.82) is 0 Å². The van der Waals surface area contributed by atoms with Gasteiger partial charge < -0.3 is 9.47 Å². The Morgan fingerprint density at radius 1 is 1.05 bits per heavy atom. The van der Waals surface area contributed by atoms with Gasteiger partial charge in [-0.3, -0.25) is 9.80 Å². The van der Waals surface area contributed by atoms with Gasteiger partial charge in [-0.15, -0.1) is 5.10 Å². The maximum absolute atomic E-state index is 14.6. The third kappa shape index (κ3) is 6.35. The van der Waals surface area contributed by atoms with Gasteiger partial charge in [-0.2, -0.15) is 4.98 Å². The summed E-state index contributed by atoms with van der Waals surface area (Å²) in [7, 11) is 0. The van der Waals surface area contributed by atoms with Gasteiger partial charge in [-0.05, 0) is 70.8 Å². The normalized spacial score (nSPS) is 18.1. The molecule has 0 aliphatic carbocycles. The van der Waals surface area contributed by atoms with E-state index in [0.717, 1.165) is 5.56 Å². The van der Waals surface area contributed by atoms with E-state index in [1.807, 2.05) is 30.3 Å². The molecule has 1 aromatic carbocycles. The van der Waals surface area contributed by atoms with Gasteiger partial charge in [0.1, 0.15) is 22.9 Å². The third-order valence-corrected chi connectivity index (χ3v) is 5.93. The Bertz CT molecular complexity index is 1320. The summed E-state index contributed by atoms with van der Waals surface area (Å²) in [4.78, 5) is 33.4. The number of carbonyl (C=O) groups excluding carboxylic acids is 2. The number of likely N-dealkylation sites (tertiary alicyclic amines) is 1. The molecule has 9 nitrogen and oxygen atoms in total. The molecule has 1 unspecified atom stereocenters. The van der Waals surface area contributed by atoms with Gasteiger partial charge >= 0.3 is 12.2 Å². The van der Waals surface area contributed by atoms with Crippen LogP contribution in [0.25, 0.3) is 5.52 Å². The summed E-state index contributed by atoms with van der Waals surface area (Å²) < 4.78 is 27.3. The molecule has 1 fully saturated rings. The van der Waals surface area contributed by atoms with Crippen LogP contribution in [0.3, 0.4) is 0 Å². The maximum atomic E-state index is 14.6. The predicted octanol–water partition coefficient (Wildman–Crippen LogP) is 6.34. The largest absolute Gasteiger partial charge is 0.444 e. The van der Waals surface area contributed by atoms with Crippen molar-refractivity contribution >= 4 is 35.1 Å². The minimum atomic E-state index is -1.23. The van der Waals surface area contributed by atoms with E-state index in [-0.39, 0.29) is 30.6 Å². The lowest BCUT2D eigenvalue weighted by molar-refractivity contribution is 0.0212. The number of alkyl halides is 1. The van der Waals surface area contributed by atoms with Crippen molar-refractivity contribution in [3.05, 3.63) is 59.0 Å². The van der Waals surface area contributed by atoms with Gasteiger partial charge in [0.25, 0.3) is 0 Å². The second kappa shape index (κ2) is 10.4. The minimum absolute atomic E-state index is 0.0715. The zero-order valence-corrected chi connectivity index (χ0v) is 23.2. The summed E-state index contributed by atoms with van der Waals surface area (Å²) in [5.41, 5.74) is 0.352. The number of carbonyl (C=O) groups is 2. The van der Waals surface area contributed by atoms with Crippen LogP contribution in [-0.4, -0.2) is 55.6 Å². The molecule has 0 spiro atoms. The number of halogens is 2. The third-order valence-electron chi connectivity index (χ3n) is 5.77. The van der Waals surface area contributed by atoms with Crippen molar-refractivity contribution in [2.75, 3.05) is 11.4 Å². The zero-order chi connectivity index (χ0) is 27.8. The van der Waals surface area contributed by atoms with Crippen molar-refractivity contribution in [2.45, 2.75) is 77.9 Å². The first-order valence-corrected chi connectivity index (χ1v) is 12.8. The molecule has 0 bridgehead atoms. The van der Waals surface area contributed by atoms with Crippen molar-refractivity contribution < 1.29 is 23.5 Å². The number of anilines is 1. The van der Waals surface area contributed by atoms with Crippen molar-refractivity contribution in [2.24, 2.45) is 0 Å². The molecule has 38 heavy (non-hydrogen) atoms. The second-order valence-electron chi connectivity index (χ2n) is 11.3. The van der Waals surface area contributed by atoms with Crippen LogP contribution in [0.2, 0.25) is 5.28 Å². The number of fused-ring (bicyclic) bond motifs is 1. The van der Waals surface area contributed by atoms with Gasteiger partial charge in [0, 0.05) is 6.42 Å². The minimum Gasteiger partial charge on any atom is -0.444 e. The quantitative estimate of drug-likeness (QED) is 0.380. The number of ether oxygens (including phenoxy) is 2. The predicted molar refractivity (Wildman–Crippen MR) is 142 cm³/mol. The highest BCUT2D eigenvalue weighted by Crippen LogP contribution is 2.37. The summed E-state index contributed by atoms with van der Waals surface area (Å²) in [5.74, 6) is 0.230. The molecule has 204 valence electrons. The summed E-state index contributed by atoms with van der Waals surface area (Å²) in [6.45, 7) is 10.7. The number of amides is 2. The first kappa shape index (κ1) is 27.6. The van der Waals surface area contributed by atoms with Crippen molar-refractivity contribution in [3.63, 3.8) is 0 Å². The van der Waals surface area contributed by atoms with E-state index in [1.54, 1.807) is 53.7 Å². The van der Waals surface area contributed by atoms with E-state index in [4.69, 9.17) is 21.1 Å². The summed E-state index contributed by atoms with van der Waals surface area (Å²) >= 11 is 6.36. The standard InChI is InChI=1S/C27H33ClFN5O4/c1-26(2,3)37-24(35)32-16-18(29)14-21(32)19-12-13-20-22(30-23(28)31-34(19)20)33(25(36)38-27(4,5)6)15-17-10-8-7-9-11-17/h7-13,18,21H,14-16H2,1-6H3/t18-,21?/m0/s1. The highest BCUT2D eigenvalue weighted by molar-refractivity contribution is 6.28. The second-order valence-corrected chi connectivity index (χ2v) is 11.6. The van der Waals surface area contributed by atoms with E-state index in [1.165, 1.54) is 14.3 Å². The fraction of sp³-hybridized carbons (Fsp3) is 0.481. The molecule has 2 atom stereocenters. The Morgan fingerprint density at radius 3 is 2.34 bits per heavy atom. The molecule has 0 saturated carbocycles. The maximum Gasteiger partial charge on any atom is 0.416 e. The Kier molecular flexibility index (Phi) is 7.56. The van der Waals surface area contributed by atoms with Crippen LogP contribution in [0.4, 0.5) is 19.8 Å². The lowest BCUT2D eigenvalue weighted by atomic mass is 10.1. The number of hydrogen-bond donors (Lipinski definition) is 0. The highest BCUT2D eigenvalue weighted by Gasteiger charge is 2.40.